The van der Waals surface area contributed by atoms with Crippen LogP contribution in [-0.4, -0.2) is 37.1 Å². The molecule has 1 aromatic heterocycles. The molecule has 172 valence electrons. The van der Waals surface area contributed by atoms with Gasteiger partial charge in [-0.2, -0.15) is 15.0 Å². The molecule has 0 aliphatic heterocycles. The summed E-state index contributed by atoms with van der Waals surface area (Å²) in [4.78, 5) is 36.1. The molecule has 5 aromatic rings. The highest BCUT2D eigenvalue weighted by Gasteiger charge is 2.16. The average Bonchev–Trinajstić information content (AvgIpc) is 2.82. The fraction of sp³-hybridized carbons (Fsp3) is 0. The number of fused-ring (bicyclic) bond motifs is 2. The molecule has 4 N–H and O–H groups in total. The lowest BCUT2D eigenvalue weighted by atomic mass is 10.0. The zero-order valence-electron chi connectivity index (χ0n) is 17.9. The number of anilines is 4. The molecule has 0 aliphatic carbocycles. The van der Waals surface area contributed by atoms with Gasteiger partial charge >= 0.3 is 11.9 Å². The van der Waals surface area contributed by atoms with Gasteiger partial charge in [-0.25, -0.2) is 9.59 Å². The Morgan fingerprint density at radius 2 is 1.00 bits per heavy atom. The van der Waals surface area contributed by atoms with Crippen molar-refractivity contribution in [2.75, 3.05) is 10.6 Å². The largest absolute Gasteiger partial charge is 0.478 e. The summed E-state index contributed by atoms with van der Waals surface area (Å²) < 4.78 is 0. The SMILES string of the molecule is O=C(O)c1cc2ccccc2cc1Nc1nc(Cl)nc(Nc2cc3ccccc3cc2C(=O)O)n1. The summed E-state index contributed by atoms with van der Waals surface area (Å²) in [5.41, 5.74) is 0.581. The number of carboxylic acids is 2. The van der Waals surface area contributed by atoms with Crippen LogP contribution in [0.2, 0.25) is 5.28 Å². The summed E-state index contributed by atoms with van der Waals surface area (Å²) in [6.07, 6.45) is 0. The molecular weight excluding hydrogens is 470 g/mol. The molecule has 0 saturated heterocycles. The van der Waals surface area contributed by atoms with Crippen molar-refractivity contribution in [3.63, 3.8) is 0 Å². The van der Waals surface area contributed by atoms with Crippen LogP contribution in [0.3, 0.4) is 0 Å². The second-order valence-electron chi connectivity index (χ2n) is 7.60. The smallest absolute Gasteiger partial charge is 0.337 e. The van der Waals surface area contributed by atoms with E-state index in [0.29, 0.717) is 0 Å². The Balaban J connectivity index is 1.53. The molecule has 0 spiro atoms. The van der Waals surface area contributed by atoms with Gasteiger partial charge in [0, 0.05) is 0 Å². The molecule has 9 nitrogen and oxygen atoms in total. The van der Waals surface area contributed by atoms with Gasteiger partial charge in [-0.3, -0.25) is 0 Å². The quantitative estimate of drug-likeness (QED) is 0.238. The average molecular weight is 486 g/mol. The summed E-state index contributed by atoms with van der Waals surface area (Å²) in [6.45, 7) is 0. The van der Waals surface area contributed by atoms with Crippen molar-refractivity contribution in [2.45, 2.75) is 0 Å². The molecule has 0 unspecified atom stereocenters. The molecule has 4 aromatic carbocycles. The number of nitrogens with one attached hydrogen (secondary N) is 2. The van der Waals surface area contributed by atoms with Crippen molar-refractivity contribution in [2.24, 2.45) is 0 Å². The van der Waals surface area contributed by atoms with Crippen LogP contribution in [0.1, 0.15) is 20.7 Å². The predicted molar refractivity (Wildman–Crippen MR) is 133 cm³/mol. The monoisotopic (exact) mass is 485 g/mol. The number of benzene rings is 4. The zero-order valence-corrected chi connectivity index (χ0v) is 18.6. The zero-order chi connectivity index (χ0) is 24.5. The maximum absolute atomic E-state index is 11.9. The molecular formula is C25H16ClN5O4. The first-order valence-electron chi connectivity index (χ1n) is 10.4. The number of halogens is 1. The number of carbonyl (C=O) groups is 2. The predicted octanol–water partition coefficient (Wildman–Crippen LogP) is 5.72. The number of rotatable bonds is 6. The van der Waals surface area contributed by atoms with Gasteiger partial charge in [0.1, 0.15) is 0 Å². The number of hydrogen-bond donors (Lipinski definition) is 4. The fourth-order valence-electron chi connectivity index (χ4n) is 3.74. The number of aromatic carboxylic acids is 2. The van der Waals surface area contributed by atoms with E-state index in [0.717, 1.165) is 21.5 Å². The van der Waals surface area contributed by atoms with Gasteiger partial charge < -0.3 is 20.8 Å². The lowest BCUT2D eigenvalue weighted by Crippen LogP contribution is -2.09. The van der Waals surface area contributed by atoms with Crippen molar-refractivity contribution in [1.29, 1.82) is 0 Å². The Hall–Kier alpha value is -4.76. The minimum absolute atomic E-state index is 0.0112. The van der Waals surface area contributed by atoms with Crippen LogP contribution >= 0.6 is 11.6 Å². The van der Waals surface area contributed by atoms with Crippen LogP contribution in [0.25, 0.3) is 21.5 Å². The maximum Gasteiger partial charge on any atom is 0.337 e. The Labute approximate surface area is 203 Å². The second-order valence-corrected chi connectivity index (χ2v) is 7.94. The number of aromatic nitrogens is 3. The molecule has 0 radical (unpaired) electrons. The molecule has 0 bridgehead atoms. The van der Waals surface area contributed by atoms with Crippen LogP contribution in [0, 0.1) is 0 Å². The molecule has 1 heterocycles. The Kier molecular flexibility index (Phi) is 5.60. The van der Waals surface area contributed by atoms with Gasteiger partial charge in [0.05, 0.1) is 22.5 Å². The topological polar surface area (TPSA) is 137 Å². The summed E-state index contributed by atoms with van der Waals surface area (Å²) in [5.74, 6) is -2.27. The molecule has 35 heavy (non-hydrogen) atoms. The third kappa shape index (κ3) is 4.53. The Bertz CT molecular complexity index is 1520. The van der Waals surface area contributed by atoms with Crippen LogP contribution in [-0.2, 0) is 0 Å². The normalized spacial score (nSPS) is 10.9. The maximum atomic E-state index is 11.9. The first-order valence-corrected chi connectivity index (χ1v) is 10.7. The van der Waals surface area contributed by atoms with Crippen molar-refractivity contribution >= 4 is 68.4 Å². The van der Waals surface area contributed by atoms with Crippen LogP contribution in [0.5, 0.6) is 0 Å². The van der Waals surface area contributed by atoms with Gasteiger partial charge in [-0.15, -0.1) is 0 Å². The first kappa shape index (κ1) is 22.1. The minimum Gasteiger partial charge on any atom is -0.478 e. The van der Waals surface area contributed by atoms with Crippen LogP contribution in [0.15, 0.2) is 72.8 Å². The Morgan fingerprint density at radius 3 is 1.37 bits per heavy atom. The van der Waals surface area contributed by atoms with Crippen LogP contribution < -0.4 is 10.6 Å². The summed E-state index contributed by atoms with van der Waals surface area (Å²) >= 11 is 6.10. The van der Waals surface area contributed by atoms with E-state index < -0.39 is 11.9 Å². The molecule has 0 aliphatic rings. The molecule has 5 rings (SSSR count). The first-order chi connectivity index (χ1) is 16.9. The van der Waals surface area contributed by atoms with Gasteiger partial charge in [0.15, 0.2) is 0 Å². The van der Waals surface area contributed by atoms with E-state index in [9.17, 15) is 19.8 Å². The fourth-order valence-corrected chi connectivity index (χ4v) is 3.90. The van der Waals surface area contributed by atoms with Gasteiger partial charge in [-0.05, 0) is 57.4 Å². The highest BCUT2D eigenvalue weighted by molar-refractivity contribution is 6.28. The van der Waals surface area contributed by atoms with Gasteiger partial charge in [-0.1, -0.05) is 48.5 Å². The summed E-state index contributed by atoms with van der Waals surface area (Å²) in [6, 6.07) is 21.1. The van der Waals surface area contributed by atoms with E-state index in [2.05, 4.69) is 25.6 Å². The second kappa shape index (κ2) is 8.88. The van der Waals surface area contributed by atoms with Gasteiger partial charge in [0.25, 0.3) is 0 Å². The number of nitrogens with zero attached hydrogens (tertiary/aromatic N) is 3. The number of carboxylic acid groups (broad SMARTS) is 2. The van der Waals surface area contributed by atoms with Gasteiger partial charge in [0.2, 0.25) is 17.2 Å². The van der Waals surface area contributed by atoms with Crippen molar-refractivity contribution < 1.29 is 19.8 Å². The highest BCUT2D eigenvalue weighted by Crippen LogP contribution is 2.29. The minimum atomic E-state index is -1.13. The summed E-state index contributed by atoms with van der Waals surface area (Å²) in [5, 5.41) is 28.2. The highest BCUT2D eigenvalue weighted by atomic mass is 35.5. The van der Waals surface area contributed by atoms with Crippen molar-refractivity contribution in [3.05, 3.63) is 89.2 Å². The van der Waals surface area contributed by atoms with Crippen molar-refractivity contribution in [1.82, 2.24) is 15.0 Å². The molecule has 0 atom stereocenters. The molecule has 0 amide bonds. The van der Waals surface area contributed by atoms with E-state index in [1.165, 1.54) is 0 Å². The van der Waals surface area contributed by atoms with E-state index in [4.69, 9.17) is 11.6 Å². The molecule has 0 fully saturated rings. The third-order valence-electron chi connectivity index (χ3n) is 5.33. The number of hydrogen-bond acceptors (Lipinski definition) is 7. The van der Waals surface area contributed by atoms with E-state index >= 15 is 0 Å². The third-order valence-corrected chi connectivity index (χ3v) is 5.50. The lowest BCUT2D eigenvalue weighted by Gasteiger charge is -2.13. The van der Waals surface area contributed by atoms with E-state index in [1.807, 2.05) is 48.5 Å². The van der Waals surface area contributed by atoms with Crippen molar-refractivity contribution in [3.8, 4) is 0 Å². The summed E-state index contributed by atoms with van der Waals surface area (Å²) in [7, 11) is 0. The van der Waals surface area contributed by atoms with E-state index in [1.54, 1.807) is 24.3 Å². The standard InChI is InChI=1S/C25H16ClN5O4/c26-23-29-24(27-19-11-15-7-3-1-5-13(15)9-17(19)21(32)33)31-25(30-23)28-20-12-16-8-4-2-6-14(16)10-18(20)22(34)35/h1-12H,(H,32,33)(H,34,35)(H2,27,28,29,30,31). The lowest BCUT2D eigenvalue weighted by molar-refractivity contribution is 0.0687. The Morgan fingerprint density at radius 1 is 0.629 bits per heavy atom. The van der Waals surface area contributed by atoms with E-state index in [-0.39, 0.29) is 39.7 Å². The molecule has 10 heteroatoms. The molecule has 0 saturated carbocycles. The van der Waals surface area contributed by atoms with Crippen LogP contribution in [0.4, 0.5) is 23.3 Å².